The number of hydrogen-bond donors (Lipinski definition) is 5. The van der Waals surface area contributed by atoms with Crippen LogP contribution < -0.4 is 21.3 Å². The second kappa shape index (κ2) is 10.6. The molecule has 5 N–H and O–H groups in total. The smallest absolute Gasteiger partial charge is 0.305 e. The zero-order valence-electron chi connectivity index (χ0n) is 18.7. The zero-order chi connectivity index (χ0) is 23.8. The van der Waals surface area contributed by atoms with Crippen LogP contribution in [0, 0.1) is 5.41 Å². The summed E-state index contributed by atoms with van der Waals surface area (Å²) in [6, 6.07) is 15.0. The Hall–Kier alpha value is -3.88. The zero-order valence-corrected chi connectivity index (χ0v) is 18.7. The number of benzene rings is 2. The number of carbonyl (C=O) groups is 3. The second-order valence-corrected chi connectivity index (χ2v) is 8.70. The van der Waals surface area contributed by atoms with Crippen LogP contribution in [0.3, 0.4) is 0 Å². The van der Waals surface area contributed by atoms with Crippen LogP contribution in [0.2, 0.25) is 0 Å². The standard InChI is InChI=1S/C24H29N5O4/c1-24(2)14-26-23(27-15-24)28-18-10-6-9-17(11-18)22(33)25-13-20(30)29-19(12-21(31)32)16-7-4-3-5-8-16/h3-11,19H,12-15H2,1-2H3,(H,25,33)(H,29,30)(H,31,32)(H2,26,27,28). The molecule has 0 aromatic heterocycles. The summed E-state index contributed by atoms with van der Waals surface area (Å²) in [7, 11) is 0. The van der Waals surface area contributed by atoms with E-state index in [1.165, 1.54) is 0 Å². The van der Waals surface area contributed by atoms with E-state index < -0.39 is 23.8 Å². The van der Waals surface area contributed by atoms with Crippen molar-refractivity contribution < 1.29 is 19.5 Å². The number of guanidine groups is 1. The van der Waals surface area contributed by atoms with Crippen LogP contribution in [-0.2, 0) is 9.59 Å². The second-order valence-electron chi connectivity index (χ2n) is 8.70. The molecule has 33 heavy (non-hydrogen) atoms. The lowest BCUT2D eigenvalue weighted by atomic mass is 9.93. The maximum absolute atomic E-state index is 12.6. The Kier molecular flexibility index (Phi) is 7.66. The Morgan fingerprint density at radius 3 is 2.55 bits per heavy atom. The molecule has 0 spiro atoms. The molecule has 1 unspecified atom stereocenters. The van der Waals surface area contributed by atoms with E-state index in [1.807, 2.05) is 12.1 Å². The fourth-order valence-corrected chi connectivity index (χ4v) is 3.31. The molecule has 0 saturated carbocycles. The molecule has 1 heterocycles. The molecular weight excluding hydrogens is 422 g/mol. The summed E-state index contributed by atoms with van der Waals surface area (Å²) in [5.41, 5.74) is 1.86. The van der Waals surface area contributed by atoms with Crippen LogP contribution in [0.1, 0.15) is 42.2 Å². The van der Waals surface area contributed by atoms with E-state index in [4.69, 9.17) is 5.11 Å². The number of anilines is 1. The van der Waals surface area contributed by atoms with E-state index in [0.717, 1.165) is 6.54 Å². The Morgan fingerprint density at radius 2 is 1.88 bits per heavy atom. The van der Waals surface area contributed by atoms with Gasteiger partial charge in [0.1, 0.15) is 0 Å². The lowest BCUT2D eigenvalue weighted by Gasteiger charge is -2.29. The van der Waals surface area contributed by atoms with Crippen molar-refractivity contribution >= 4 is 29.4 Å². The minimum Gasteiger partial charge on any atom is -0.481 e. The van der Waals surface area contributed by atoms with E-state index in [2.05, 4.69) is 40.1 Å². The maximum Gasteiger partial charge on any atom is 0.305 e. The summed E-state index contributed by atoms with van der Waals surface area (Å²) in [6.45, 7) is 5.47. The van der Waals surface area contributed by atoms with Crippen molar-refractivity contribution in [3.05, 3.63) is 65.7 Å². The number of nitrogens with zero attached hydrogens (tertiary/aromatic N) is 1. The third kappa shape index (κ3) is 7.34. The van der Waals surface area contributed by atoms with Crippen LogP contribution in [0.5, 0.6) is 0 Å². The van der Waals surface area contributed by atoms with Crippen molar-refractivity contribution in [1.82, 2.24) is 16.0 Å². The lowest BCUT2D eigenvalue weighted by molar-refractivity contribution is -0.137. The van der Waals surface area contributed by atoms with Crippen molar-refractivity contribution in [2.24, 2.45) is 10.4 Å². The van der Waals surface area contributed by atoms with Gasteiger partial charge in [-0.2, -0.15) is 0 Å². The van der Waals surface area contributed by atoms with Gasteiger partial charge in [-0.15, -0.1) is 0 Å². The maximum atomic E-state index is 12.6. The minimum atomic E-state index is -1.03. The summed E-state index contributed by atoms with van der Waals surface area (Å²) in [5.74, 6) is -1.27. The van der Waals surface area contributed by atoms with E-state index >= 15 is 0 Å². The molecule has 2 amide bonds. The fraction of sp³-hybridized carbons (Fsp3) is 0.333. The van der Waals surface area contributed by atoms with E-state index in [-0.39, 0.29) is 18.4 Å². The first-order chi connectivity index (χ1) is 15.7. The normalized spacial score (nSPS) is 15.4. The first-order valence-corrected chi connectivity index (χ1v) is 10.7. The van der Waals surface area contributed by atoms with Crippen LogP contribution in [0.25, 0.3) is 0 Å². The Labute approximate surface area is 192 Å². The quantitative estimate of drug-likeness (QED) is 0.418. The van der Waals surface area contributed by atoms with Crippen LogP contribution in [-0.4, -0.2) is 48.5 Å². The topological polar surface area (TPSA) is 132 Å². The Balaban J connectivity index is 1.55. The molecule has 0 fully saturated rings. The molecule has 0 bridgehead atoms. The predicted octanol–water partition coefficient (Wildman–Crippen LogP) is 2.15. The summed E-state index contributed by atoms with van der Waals surface area (Å²) < 4.78 is 0. The van der Waals surface area contributed by atoms with Crippen LogP contribution in [0.4, 0.5) is 5.69 Å². The fourth-order valence-electron chi connectivity index (χ4n) is 3.31. The number of aliphatic imine (C=N–C) groups is 1. The first kappa shape index (κ1) is 23.8. The average Bonchev–Trinajstić information content (AvgIpc) is 2.79. The third-order valence-corrected chi connectivity index (χ3v) is 5.11. The molecule has 2 aromatic rings. The highest BCUT2D eigenvalue weighted by Gasteiger charge is 2.22. The monoisotopic (exact) mass is 451 g/mol. The van der Waals surface area contributed by atoms with Crippen molar-refractivity contribution in [3.8, 4) is 0 Å². The van der Waals surface area contributed by atoms with Gasteiger partial charge in [0.2, 0.25) is 5.91 Å². The van der Waals surface area contributed by atoms with E-state index in [9.17, 15) is 14.4 Å². The Morgan fingerprint density at radius 1 is 1.12 bits per heavy atom. The van der Waals surface area contributed by atoms with Crippen LogP contribution in [0.15, 0.2) is 59.6 Å². The van der Waals surface area contributed by atoms with Gasteiger partial charge < -0.3 is 26.4 Å². The molecular formula is C24H29N5O4. The molecule has 174 valence electrons. The number of hydrogen-bond acceptors (Lipinski definition) is 6. The summed E-state index contributed by atoms with van der Waals surface area (Å²) in [5, 5.41) is 20.8. The molecule has 0 saturated heterocycles. The lowest BCUT2D eigenvalue weighted by Crippen LogP contribution is -2.44. The first-order valence-electron chi connectivity index (χ1n) is 10.7. The minimum absolute atomic E-state index is 0.0947. The molecule has 1 atom stereocenters. The molecule has 1 aliphatic heterocycles. The van der Waals surface area contributed by atoms with Crippen molar-refractivity contribution in [2.75, 3.05) is 25.0 Å². The molecule has 9 heteroatoms. The van der Waals surface area contributed by atoms with Gasteiger partial charge in [0.15, 0.2) is 5.96 Å². The predicted molar refractivity (Wildman–Crippen MR) is 126 cm³/mol. The molecule has 2 aromatic carbocycles. The van der Waals surface area contributed by atoms with Gasteiger partial charge in [-0.05, 0) is 23.8 Å². The highest BCUT2D eigenvalue weighted by atomic mass is 16.4. The number of rotatable bonds is 8. The highest BCUT2D eigenvalue weighted by molar-refractivity contribution is 5.99. The summed E-state index contributed by atoms with van der Waals surface area (Å²) in [4.78, 5) is 40.6. The molecule has 9 nitrogen and oxygen atoms in total. The van der Waals surface area contributed by atoms with Gasteiger partial charge in [0.05, 0.1) is 19.0 Å². The van der Waals surface area contributed by atoms with Crippen molar-refractivity contribution in [2.45, 2.75) is 26.3 Å². The molecule has 0 radical (unpaired) electrons. The van der Waals surface area contributed by atoms with Gasteiger partial charge in [-0.3, -0.25) is 19.4 Å². The van der Waals surface area contributed by atoms with Gasteiger partial charge in [-0.1, -0.05) is 50.2 Å². The Bertz CT molecular complexity index is 1040. The number of amides is 2. The van der Waals surface area contributed by atoms with Crippen molar-refractivity contribution in [1.29, 1.82) is 0 Å². The number of nitrogens with one attached hydrogen (secondary N) is 4. The molecule has 1 aliphatic rings. The van der Waals surface area contributed by atoms with E-state index in [1.54, 1.807) is 42.5 Å². The third-order valence-electron chi connectivity index (χ3n) is 5.11. The summed E-state index contributed by atoms with van der Waals surface area (Å²) in [6.07, 6.45) is -0.257. The number of carbonyl (C=O) groups excluding carboxylic acids is 2. The van der Waals surface area contributed by atoms with Gasteiger partial charge in [0, 0.05) is 29.8 Å². The number of carboxylic acids is 1. The van der Waals surface area contributed by atoms with Gasteiger partial charge in [-0.25, -0.2) is 0 Å². The number of carboxylic acid groups (broad SMARTS) is 1. The largest absolute Gasteiger partial charge is 0.481 e. The molecule has 0 aliphatic carbocycles. The van der Waals surface area contributed by atoms with E-state index in [0.29, 0.717) is 29.3 Å². The highest BCUT2D eigenvalue weighted by Crippen LogP contribution is 2.18. The number of aliphatic carboxylic acids is 1. The SMILES string of the molecule is CC1(C)CN=C(Nc2cccc(C(=O)NCC(=O)NC(CC(=O)O)c3ccccc3)c2)NC1. The van der Waals surface area contributed by atoms with Crippen LogP contribution >= 0.6 is 0 Å². The summed E-state index contributed by atoms with van der Waals surface area (Å²) >= 11 is 0. The van der Waals surface area contributed by atoms with Crippen molar-refractivity contribution in [3.63, 3.8) is 0 Å². The van der Waals surface area contributed by atoms with Gasteiger partial charge in [0.25, 0.3) is 5.91 Å². The average molecular weight is 452 g/mol. The van der Waals surface area contributed by atoms with Gasteiger partial charge >= 0.3 is 5.97 Å². The molecule has 3 rings (SSSR count).